The first-order valence-electron chi connectivity index (χ1n) is 35.5. The molecule has 10 fully saturated rings. The second kappa shape index (κ2) is 22.1. The van der Waals surface area contributed by atoms with Gasteiger partial charge in [-0.2, -0.15) is 0 Å². The van der Waals surface area contributed by atoms with Gasteiger partial charge < -0.3 is 29.9 Å². The predicted molar refractivity (Wildman–Crippen MR) is 340 cm³/mol. The summed E-state index contributed by atoms with van der Waals surface area (Å²) >= 11 is 0. The number of carboxylic acids is 4. The molecule has 0 heterocycles. The molecule has 90 heavy (non-hydrogen) atoms. The lowest BCUT2D eigenvalue weighted by Crippen LogP contribution is -2.66. The van der Waals surface area contributed by atoms with Crippen LogP contribution in [0.1, 0.15) is 264 Å². The number of esters is 2. The summed E-state index contributed by atoms with van der Waals surface area (Å²) in [4.78, 5) is 105. The quantitative estimate of drug-likeness (QED) is 0.166. The smallest absolute Gasteiger partial charge is 0.310 e. The van der Waals surface area contributed by atoms with E-state index in [0.29, 0.717) is 64.2 Å². The molecule has 0 aromatic rings. The fourth-order valence-corrected chi connectivity index (χ4v) is 25.0. The highest BCUT2D eigenvalue weighted by molar-refractivity contribution is 5.96. The van der Waals surface area contributed by atoms with Crippen LogP contribution in [0.4, 0.5) is 0 Å². The molecule has 0 aromatic carbocycles. The zero-order valence-corrected chi connectivity index (χ0v) is 57.3. The van der Waals surface area contributed by atoms with Crippen LogP contribution in [0, 0.1) is 124 Å². The molecule has 0 spiro atoms. The molecule has 0 saturated heterocycles. The van der Waals surface area contributed by atoms with Crippen molar-refractivity contribution in [2.75, 3.05) is 0 Å². The fourth-order valence-electron chi connectivity index (χ4n) is 25.0. The molecule has 12 rings (SSSR count). The third-order valence-electron chi connectivity index (χ3n) is 31.3. The number of allylic oxidation sites excluding steroid dienone is 4. The average Bonchev–Trinajstić information content (AvgIpc) is 0.681. The third-order valence-corrected chi connectivity index (χ3v) is 31.3. The normalized spacial score (nSPS) is 48.9. The van der Waals surface area contributed by atoms with Gasteiger partial charge in [0.2, 0.25) is 0 Å². The van der Waals surface area contributed by atoms with Crippen molar-refractivity contribution in [1.29, 1.82) is 0 Å². The van der Waals surface area contributed by atoms with Gasteiger partial charge in [-0.3, -0.25) is 38.4 Å². The number of carboxylic acid groups (broad SMARTS) is 4. The van der Waals surface area contributed by atoms with E-state index in [9.17, 15) is 58.8 Å². The Balaban J connectivity index is 0.000000185. The molecule has 4 N–H and O–H groups in total. The Morgan fingerprint density at radius 2 is 0.722 bits per heavy atom. The van der Waals surface area contributed by atoms with E-state index in [2.05, 4.69) is 83.1 Å². The van der Waals surface area contributed by atoms with Crippen LogP contribution in [-0.2, 0) is 47.8 Å². The number of hydrogen-bond acceptors (Lipinski definition) is 10. The minimum absolute atomic E-state index is 0.0206. The Labute approximate surface area is 536 Å². The largest absolute Gasteiger partial charge is 0.481 e. The van der Waals surface area contributed by atoms with Crippen LogP contribution in [0.3, 0.4) is 0 Å². The predicted octanol–water partition coefficient (Wildman–Crippen LogP) is 15.7. The number of ether oxygens (including phenoxy) is 2. The van der Waals surface area contributed by atoms with Crippen LogP contribution >= 0.6 is 0 Å². The standard InChI is InChI=1S/2C38H56O7/c2*1-33(2)27-12-15-38(7)29(36(27,5)14-13-28(33)45-31(42)23-11-9-8-10-22(23)30(40)41)26(39)20-24-25-21-35(4,32(43)44)17-16-34(25,3)18-19-37(24,38)6/h2*20,22-23,25,27-29H,8-19,21H2,1-7H3,(H,40,41)(H,43,44)/t22-,23+,25+,27+,28+,29-,34-,35+,36+,37-,38-;22-,23+,25-,27-,28-,29+,34+,35-,36-,37+,38+/m10/s1. The first kappa shape index (κ1) is 67.1. The molecular formula is C76H112O14. The molecule has 14 nitrogen and oxygen atoms in total. The Hall–Kier alpha value is -4.36. The lowest BCUT2D eigenvalue weighted by Gasteiger charge is -2.70. The Bertz CT molecular complexity index is 2860. The van der Waals surface area contributed by atoms with Crippen molar-refractivity contribution in [2.45, 2.75) is 276 Å². The van der Waals surface area contributed by atoms with Gasteiger partial charge in [0.1, 0.15) is 12.2 Å². The zero-order valence-electron chi connectivity index (χ0n) is 57.3. The summed E-state index contributed by atoms with van der Waals surface area (Å²) in [7, 11) is 0. The SMILES string of the molecule is CC1(C)[C@@H](OC(=O)[C@@H]2CCCC[C@@H]2C(=O)O)CC[C@]2(C)[C@H]3C(=O)C=C4[C@@H]5C[C@@](C)(C(=O)O)CC[C@]5(C)CC[C@@]4(C)[C@]3(C)CC[C@@H]12.CC1(C)[C@@H](OC(=O)[C@H]2CCCC[C@H]2C(=O)O)CC[C@]2(C)[C@H]3C(=O)C=C4[C@@H]5C[C@@](C)(C(=O)O)CC[C@]5(C)CC[C@@]4(C)[C@]3(C)CC[C@@H]12. The number of hydrogen-bond donors (Lipinski definition) is 4. The van der Waals surface area contributed by atoms with E-state index in [0.717, 1.165) is 103 Å². The molecule has 22 atom stereocenters. The summed E-state index contributed by atoms with van der Waals surface area (Å²) < 4.78 is 12.6. The maximum Gasteiger partial charge on any atom is 0.310 e. The molecule has 0 amide bonds. The maximum absolute atomic E-state index is 14.6. The molecule has 0 aliphatic heterocycles. The van der Waals surface area contributed by atoms with Crippen LogP contribution in [0.5, 0.6) is 0 Å². The molecule has 0 bridgehead atoms. The van der Waals surface area contributed by atoms with E-state index in [1.165, 1.54) is 11.1 Å². The van der Waals surface area contributed by atoms with Crippen LogP contribution in [-0.4, -0.2) is 80.0 Å². The number of carbonyl (C=O) groups is 8. The van der Waals surface area contributed by atoms with Crippen molar-refractivity contribution < 1.29 is 68.3 Å². The van der Waals surface area contributed by atoms with Crippen LogP contribution in [0.25, 0.3) is 0 Å². The van der Waals surface area contributed by atoms with Gasteiger partial charge in [0.05, 0.1) is 34.5 Å². The molecular weight excluding hydrogens is 1140 g/mol. The summed E-state index contributed by atoms with van der Waals surface area (Å²) in [5.41, 5.74) is -1.15. The van der Waals surface area contributed by atoms with Crippen LogP contribution < -0.4 is 0 Å². The Kier molecular flexibility index (Phi) is 16.5. The van der Waals surface area contributed by atoms with Crippen LogP contribution in [0.15, 0.2) is 23.3 Å². The summed E-state index contributed by atoms with van der Waals surface area (Å²) in [5, 5.41) is 39.9. The number of fused-ring (bicyclic) bond motifs is 14. The zero-order chi connectivity index (χ0) is 65.9. The van der Waals surface area contributed by atoms with Crippen molar-refractivity contribution in [3.05, 3.63) is 23.3 Å². The molecule has 0 unspecified atom stereocenters. The minimum Gasteiger partial charge on any atom is -0.481 e. The number of ketones is 2. The average molecular weight is 1250 g/mol. The molecule has 14 heteroatoms. The van der Waals surface area contributed by atoms with Gasteiger partial charge in [-0.25, -0.2) is 0 Å². The third kappa shape index (κ3) is 9.78. The van der Waals surface area contributed by atoms with Crippen LogP contribution in [0.2, 0.25) is 0 Å². The first-order valence-corrected chi connectivity index (χ1v) is 35.5. The van der Waals surface area contributed by atoms with Gasteiger partial charge in [0.15, 0.2) is 11.6 Å². The second-order valence-electron chi connectivity index (χ2n) is 36.4. The van der Waals surface area contributed by atoms with E-state index in [4.69, 9.17) is 9.47 Å². The van der Waals surface area contributed by atoms with Gasteiger partial charge >= 0.3 is 35.8 Å². The topological polar surface area (TPSA) is 236 Å². The van der Waals surface area contributed by atoms with Gasteiger partial charge in [0.25, 0.3) is 0 Å². The van der Waals surface area contributed by atoms with Crippen molar-refractivity contribution >= 4 is 47.4 Å². The Morgan fingerprint density at radius 1 is 0.400 bits per heavy atom. The molecule has 12 aliphatic carbocycles. The Morgan fingerprint density at radius 3 is 1.04 bits per heavy atom. The number of aliphatic carboxylic acids is 4. The molecule has 0 aromatic heterocycles. The molecule has 12 aliphatic rings. The summed E-state index contributed by atoms with van der Waals surface area (Å²) in [6.07, 6.45) is 24.0. The van der Waals surface area contributed by atoms with E-state index in [1.807, 2.05) is 26.0 Å². The summed E-state index contributed by atoms with van der Waals surface area (Å²) in [6, 6.07) is 0. The first-order chi connectivity index (χ1) is 41.7. The maximum atomic E-state index is 14.6. The lowest BCUT2D eigenvalue weighted by atomic mass is 9.33. The molecule has 500 valence electrons. The van der Waals surface area contributed by atoms with Gasteiger partial charge in [-0.1, -0.05) is 120 Å². The van der Waals surface area contributed by atoms with Crippen molar-refractivity contribution in [3.8, 4) is 0 Å². The number of carbonyl (C=O) groups excluding carboxylic acids is 4. The van der Waals surface area contributed by atoms with Gasteiger partial charge in [-0.05, 0) is 234 Å². The van der Waals surface area contributed by atoms with Crippen molar-refractivity contribution in [3.63, 3.8) is 0 Å². The van der Waals surface area contributed by atoms with E-state index in [-0.39, 0.29) is 125 Å². The highest BCUT2D eigenvalue weighted by Gasteiger charge is 2.73. The van der Waals surface area contributed by atoms with Crippen molar-refractivity contribution in [2.24, 2.45) is 124 Å². The lowest BCUT2D eigenvalue weighted by molar-refractivity contribution is -0.213. The molecule has 0 radical (unpaired) electrons. The highest BCUT2D eigenvalue weighted by atomic mass is 16.6. The minimum atomic E-state index is -0.903. The van der Waals surface area contributed by atoms with Gasteiger partial charge in [0, 0.05) is 22.7 Å². The van der Waals surface area contributed by atoms with E-state index >= 15 is 0 Å². The van der Waals surface area contributed by atoms with E-state index in [1.54, 1.807) is 0 Å². The second-order valence-corrected chi connectivity index (χ2v) is 36.4. The molecule has 10 saturated carbocycles. The summed E-state index contributed by atoms with van der Waals surface area (Å²) in [5.74, 6) is -5.81. The fraction of sp³-hybridized carbons (Fsp3) is 0.842. The monoisotopic (exact) mass is 1250 g/mol. The van der Waals surface area contributed by atoms with Gasteiger partial charge in [-0.15, -0.1) is 0 Å². The number of rotatable bonds is 8. The highest BCUT2D eigenvalue weighted by Crippen LogP contribution is 2.78. The summed E-state index contributed by atoms with van der Waals surface area (Å²) in [6.45, 7) is 31.4. The van der Waals surface area contributed by atoms with E-state index < -0.39 is 58.4 Å². The van der Waals surface area contributed by atoms with Crippen molar-refractivity contribution in [1.82, 2.24) is 0 Å².